The van der Waals surface area contributed by atoms with Gasteiger partial charge in [0.25, 0.3) is 0 Å². The number of nitrogens with two attached hydrogens (primary N) is 2. The molecule has 0 radical (unpaired) electrons. The number of guanidine groups is 1. The second-order valence-electron chi connectivity index (χ2n) is 9.96. The first-order valence-electron chi connectivity index (χ1n) is 13.7. The van der Waals surface area contributed by atoms with E-state index in [2.05, 4.69) is 26.3 Å². The number of benzene rings is 1. The number of nitrogens with one attached hydrogen (secondary N) is 5. The summed E-state index contributed by atoms with van der Waals surface area (Å²) >= 11 is 0.510. The van der Waals surface area contributed by atoms with Crippen LogP contribution in [0, 0.1) is 0 Å². The molecule has 0 bridgehead atoms. The molecule has 1 aliphatic rings. The molecule has 5 amide bonds. The van der Waals surface area contributed by atoms with Gasteiger partial charge in [0.1, 0.15) is 23.4 Å². The topological polar surface area (TPSA) is 284 Å². The Morgan fingerprint density at radius 1 is 0.915 bits per heavy atom. The number of thioether (sulfide) groups is 1. The molecule has 1 aromatic rings. The highest BCUT2D eigenvalue weighted by Crippen LogP contribution is 2.35. The highest BCUT2D eigenvalue weighted by Gasteiger charge is 2.34. The van der Waals surface area contributed by atoms with Gasteiger partial charge in [0.15, 0.2) is 5.96 Å². The van der Waals surface area contributed by atoms with Crippen LogP contribution in [0.15, 0.2) is 29.3 Å². The Labute approximate surface area is 268 Å². The van der Waals surface area contributed by atoms with Crippen LogP contribution in [0.25, 0.3) is 0 Å². The van der Waals surface area contributed by atoms with Crippen molar-refractivity contribution in [1.29, 1.82) is 0 Å². The molecule has 1 aromatic carbocycles. The second kappa shape index (κ2) is 17.6. The van der Waals surface area contributed by atoms with Crippen LogP contribution in [0.3, 0.4) is 0 Å². The maximum Gasteiger partial charge on any atom is 0.416 e. The van der Waals surface area contributed by atoms with Gasteiger partial charge in [-0.25, -0.2) is 4.79 Å². The van der Waals surface area contributed by atoms with E-state index in [-0.39, 0.29) is 30.9 Å². The van der Waals surface area contributed by atoms with Gasteiger partial charge in [-0.1, -0.05) is 18.2 Å². The van der Waals surface area contributed by atoms with E-state index in [0.29, 0.717) is 17.8 Å². The van der Waals surface area contributed by atoms with Gasteiger partial charge in [-0.15, -0.1) is 11.8 Å². The van der Waals surface area contributed by atoms with E-state index in [4.69, 9.17) is 11.5 Å². The highest BCUT2D eigenvalue weighted by molar-refractivity contribution is 8.00. The fourth-order valence-corrected chi connectivity index (χ4v) is 5.22. The Kier molecular flexibility index (Phi) is 14.2. The maximum atomic E-state index is 13.4. The molecule has 2 rings (SSSR count). The van der Waals surface area contributed by atoms with Crippen LogP contribution in [0.1, 0.15) is 35.6 Å². The van der Waals surface area contributed by atoms with E-state index in [1.165, 1.54) is 6.07 Å². The lowest BCUT2D eigenvalue weighted by Gasteiger charge is -2.24. The molecule has 0 saturated carbocycles. The summed E-state index contributed by atoms with van der Waals surface area (Å²) < 4.78 is 40.3. The number of nitrogens with zero attached hydrogens (tertiary/aromatic N) is 1. The van der Waals surface area contributed by atoms with Gasteiger partial charge < -0.3 is 48.3 Å². The number of rotatable bonds is 8. The number of halogens is 3. The van der Waals surface area contributed by atoms with E-state index in [1.807, 2.05) is 5.32 Å². The second-order valence-corrected chi connectivity index (χ2v) is 11.1. The summed E-state index contributed by atoms with van der Waals surface area (Å²) in [4.78, 5) is 91.4. The molecule has 11 N–H and O–H groups in total. The molecule has 258 valence electrons. The average molecular weight is 691 g/mol. The number of aliphatic carboxylic acids is 2. The smallest absolute Gasteiger partial charge is 0.416 e. The third-order valence-corrected chi connectivity index (χ3v) is 7.62. The number of alkyl halides is 3. The van der Waals surface area contributed by atoms with Crippen LogP contribution >= 0.6 is 11.8 Å². The van der Waals surface area contributed by atoms with Crippen molar-refractivity contribution < 1.29 is 56.9 Å². The monoisotopic (exact) mass is 690 g/mol. The molecule has 1 aliphatic heterocycles. The average Bonchev–Trinajstić information content (AvgIpc) is 2.98. The first-order valence-corrected chi connectivity index (χ1v) is 14.8. The van der Waals surface area contributed by atoms with Crippen LogP contribution in [0.2, 0.25) is 0 Å². The predicted molar refractivity (Wildman–Crippen MR) is 158 cm³/mol. The number of carbonyl (C=O) groups is 7. The standard InChI is InChI=1S/C26H33F3N8O9S/c27-26(28,29)13-4-1-3-12(7-13)20-23(44)34-10-17(38)35-14(5-2-6-32-25(30)31)21(42)33-9-18(39)36-15(8-19(40)41)22(43)37-16(11-47-20)24(45)46/h1,3-4,7,14-16,20H,2,5-6,8-11H2,(H,33,42)(H,34,44)(H,35,38)(H,36,39)(H,37,43)(H,40,41)(H,45,46)(H4,30,31,32)/t14-,15-,16-,20-/m0/s1. The predicted octanol–water partition coefficient (Wildman–Crippen LogP) is -2.21. The van der Waals surface area contributed by atoms with Crippen molar-refractivity contribution in [3.63, 3.8) is 0 Å². The van der Waals surface area contributed by atoms with E-state index < -0.39 is 102 Å². The van der Waals surface area contributed by atoms with E-state index in [0.717, 1.165) is 12.1 Å². The van der Waals surface area contributed by atoms with E-state index in [1.54, 1.807) is 0 Å². The molecule has 4 atom stereocenters. The van der Waals surface area contributed by atoms with Crippen LogP contribution in [0.4, 0.5) is 13.2 Å². The van der Waals surface area contributed by atoms with Crippen molar-refractivity contribution in [2.45, 2.75) is 48.8 Å². The largest absolute Gasteiger partial charge is 0.481 e. The minimum atomic E-state index is -4.80. The Morgan fingerprint density at radius 2 is 1.53 bits per heavy atom. The molecule has 0 spiro atoms. The maximum absolute atomic E-state index is 13.4. The summed E-state index contributed by atoms with van der Waals surface area (Å²) in [5, 5.41) is 28.3. The fourth-order valence-electron chi connectivity index (χ4n) is 4.04. The number of carbonyl (C=O) groups excluding carboxylic acids is 5. The third-order valence-electron chi connectivity index (χ3n) is 6.27. The number of hydrogen-bond donors (Lipinski definition) is 9. The number of amides is 5. The summed E-state index contributed by atoms with van der Waals surface area (Å²) in [7, 11) is 0. The van der Waals surface area contributed by atoms with Gasteiger partial charge in [0.05, 0.1) is 25.1 Å². The van der Waals surface area contributed by atoms with Crippen molar-refractivity contribution >= 4 is 59.2 Å². The van der Waals surface area contributed by atoms with Gasteiger partial charge in [-0.3, -0.25) is 33.8 Å². The zero-order chi connectivity index (χ0) is 35.3. The van der Waals surface area contributed by atoms with Crippen LogP contribution < -0.4 is 38.1 Å². The molecule has 1 heterocycles. The summed E-state index contributed by atoms with van der Waals surface area (Å²) in [5.41, 5.74) is 9.21. The molecule has 0 unspecified atom stereocenters. The number of aliphatic imine (C=N–C) groups is 1. The highest BCUT2D eigenvalue weighted by atomic mass is 32.2. The molecule has 17 nitrogen and oxygen atoms in total. The quantitative estimate of drug-likeness (QED) is 0.0798. The van der Waals surface area contributed by atoms with E-state index >= 15 is 0 Å². The van der Waals surface area contributed by atoms with E-state index in [9.17, 15) is 56.9 Å². The van der Waals surface area contributed by atoms with Gasteiger partial charge in [-0.05, 0) is 24.5 Å². The normalized spacial score (nSPS) is 22.2. The van der Waals surface area contributed by atoms with Crippen molar-refractivity contribution in [3.05, 3.63) is 35.4 Å². The number of carboxylic acid groups (broad SMARTS) is 2. The van der Waals surface area contributed by atoms with Crippen molar-refractivity contribution in [2.75, 3.05) is 25.4 Å². The Morgan fingerprint density at radius 3 is 2.11 bits per heavy atom. The molecule has 0 aliphatic carbocycles. The zero-order valence-corrected chi connectivity index (χ0v) is 25.3. The van der Waals surface area contributed by atoms with Gasteiger partial charge in [0, 0.05) is 12.3 Å². The fraction of sp³-hybridized carbons (Fsp3) is 0.462. The van der Waals surface area contributed by atoms with Crippen molar-refractivity contribution in [1.82, 2.24) is 26.6 Å². The molecule has 1 fully saturated rings. The van der Waals surface area contributed by atoms with Crippen LogP contribution in [-0.4, -0.2) is 101 Å². The zero-order valence-electron chi connectivity index (χ0n) is 24.5. The molecular formula is C26H33F3N8O9S. The van der Waals surface area contributed by atoms with Gasteiger partial charge >= 0.3 is 18.1 Å². The Bertz CT molecular complexity index is 1390. The summed E-state index contributed by atoms with van der Waals surface area (Å²) in [6, 6.07) is -1.34. The lowest BCUT2D eigenvalue weighted by Crippen LogP contribution is -2.55. The molecule has 47 heavy (non-hydrogen) atoms. The Balaban J connectivity index is 2.47. The summed E-state index contributed by atoms with van der Waals surface area (Å²) in [5.74, 6) is -9.15. The third kappa shape index (κ3) is 13.0. The van der Waals surface area contributed by atoms with Crippen LogP contribution in [-0.2, 0) is 39.7 Å². The number of hydrogen-bond acceptors (Lipinski definition) is 9. The lowest BCUT2D eigenvalue weighted by atomic mass is 10.1. The number of carboxylic acids is 2. The van der Waals surface area contributed by atoms with Gasteiger partial charge in [-0.2, -0.15) is 13.2 Å². The summed E-state index contributed by atoms with van der Waals surface area (Å²) in [6.45, 7) is -1.49. The van der Waals surface area contributed by atoms with Crippen LogP contribution in [0.5, 0.6) is 0 Å². The molecule has 0 aromatic heterocycles. The van der Waals surface area contributed by atoms with Crippen molar-refractivity contribution in [3.8, 4) is 0 Å². The SMILES string of the molecule is NC(N)=NCCC[C@@H]1NC(=O)CNC(=O)[C@H](c2cccc(C(F)(F)F)c2)SC[C@@H](C(=O)O)NC(=O)[C@H](CC(=O)O)NC(=O)CNC1=O. The minimum Gasteiger partial charge on any atom is -0.481 e. The molecular weight excluding hydrogens is 657 g/mol. The first-order chi connectivity index (χ1) is 22.0. The molecule has 21 heteroatoms. The minimum absolute atomic E-state index is 0.0540. The van der Waals surface area contributed by atoms with Crippen molar-refractivity contribution in [2.24, 2.45) is 16.5 Å². The molecule has 1 saturated heterocycles. The van der Waals surface area contributed by atoms with Gasteiger partial charge in [0.2, 0.25) is 29.5 Å². The Hall–Kier alpha value is -5.08. The first kappa shape index (κ1) is 38.1. The summed E-state index contributed by atoms with van der Waals surface area (Å²) in [6.07, 6.45) is -5.70. The lowest BCUT2D eigenvalue weighted by molar-refractivity contribution is -0.143.